The molecule has 1 aromatic carbocycles. The van der Waals surface area contributed by atoms with Crippen LogP contribution in [0.1, 0.15) is 15.9 Å². The molecule has 104 valence electrons. The summed E-state index contributed by atoms with van der Waals surface area (Å²) >= 11 is 5.66. The van der Waals surface area contributed by atoms with Crippen molar-refractivity contribution in [2.24, 2.45) is 7.05 Å². The Morgan fingerprint density at radius 1 is 1.35 bits per heavy atom. The maximum Gasteiger partial charge on any atom is 0.253 e. The van der Waals surface area contributed by atoms with E-state index in [1.54, 1.807) is 13.1 Å². The van der Waals surface area contributed by atoms with Gasteiger partial charge in [0.15, 0.2) is 0 Å². The first kappa shape index (κ1) is 14.3. The number of aryl methyl sites for hydroxylation is 1. The third-order valence-corrected chi connectivity index (χ3v) is 3.07. The van der Waals surface area contributed by atoms with Crippen LogP contribution >= 0.6 is 11.6 Å². The van der Waals surface area contributed by atoms with Crippen molar-refractivity contribution in [3.8, 4) is 0 Å². The number of hydrogen-bond donors (Lipinski definition) is 1. The Morgan fingerprint density at radius 3 is 2.75 bits per heavy atom. The van der Waals surface area contributed by atoms with E-state index in [0.29, 0.717) is 11.1 Å². The van der Waals surface area contributed by atoms with Gasteiger partial charge in [-0.3, -0.25) is 9.59 Å². The minimum atomic E-state index is -0.500. The molecule has 0 unspecified atom stereocenters. The summed E-state index contributed by atoms with van der Waals surface area (Å²) in [7, 11) is 1.57. The van der Waals surface area contributed by atoms with E-state index in [0.717, 1.165) is 0 Å². The van der Waals surface area contributed by atoms with Gasteiger partial charge in [-0.15, -0.1) is 0 Å². The first-order valence-electron chi connectivity index (χ1n) is 5.86. The summed E-state index contributed by atoms with van der Waals surface area (Å²) < 4.78 is 14.3. The van der Waals surface area contributed by atoms with Crippen molar-refractivity contribution >= 4 is 17.5 Å². The lowest BCUT2D eigenvalue weighted by atomic mass is 10.2. The number of benzene rings is 1. The van der Waals surface area contributed by atoms with E-state index in [1.807, 2.05) is 0 Å². The Kier molecular flexibility index (Phi) is 4.20. The highest BCUT2D eigenvalue weighted by Crippen LogP contribution is 2.15. The van der Waals surface area contributed by atoms with Crippen LogP contribution < -0.4 is 10.9 Å². The summed E-state index contributed by atoms with van der Waals surface area (Å²) in [6.07, 6.45) is 1.45. The van der Waals surface area contributed by atoms with Gasteiger partial charge in [0.2, 0.25) is 5.56 Å². The third-order valence-electron chi connectivity index (χ3n) is 2.79. The fourth-order valence-electron chi connectivity index (χ4n) is 1.66. The first-order chi connectivity index (χ1) is 9.47. The van der Waals surface area contributed by atoms with Gasteiger partial charge in [-0.05, 0) is 23.8 Å². The Morgan fingerprint density at radius 2 is 2.10 bits per heavy atom. The van der Waals surface area contributed by atoms with E-state index in [-0.39, 0.29) is 23.0 Å². The standard InChI is InChI=1S/C14H12ClFN2O2/c1-18-8-10(3-5-13(18)19)14(20)17-7-9-2-4-12(16)11(15)6-9/h2-6,8H,7H2,1H3,(H,17,20). The lowest BCUT2D eigenvalue weighted by Gasteiger charge is -2.07. The number of nitrogens with zero attached hydrogens (tertiary/aromatic N) is 1. The van der Waals surface area contributed by atoms with E-state index in [1.165, 1.54) is 35.0 Å². The molecule has 2 rings (SSSR count). The Labute approximate surface area is 119 Å². The van der Waals surface area contributed by atoms with Crippen LogP contribution in [0.25, 0.3) is 0 Å². The number of amides is 1. The Balaban J connectivity index is 2.06. The van der Waals surface area contributed by atoms with Crippen LogP contribution in [0, 0.1) is 5.82 Å². The zero-order chi connectivity index (χ0) is 14.7. The molecule has 0 atom stereocenters. The number of halogens is 2. The molecule has 0 saturated heterocycles. The van der Waals surface area contributed by atoms with Gasteiger partial charge in [-0.2, -0.15) is 0 Å². The average Bonchev–Trinajstić information content (AvgIpc) is 2.43. The van der Waals surface area contributed by atoms with Crippen molar-refractivity contribution in [3.05, 3.63) is 68.8 Å². The van der Waals surface area contributed by atoms with Crippen molar-refractivity contribution in [1.82, 2.24) is 9.88 Å². The van der Waals surface area contributed by atoms with Crippen LogP contribution in [0.4, 0.5) is 4.39 Å². The number of rotatable bonds is 3. The number of carbonyl (C=O) groups is 1. The Bertz CT molecular complexity index is 713. The second kappa shape index (κ2) is 5.88. The van der Waals surface area contributed by atoms with Crippen LogP contribution in [-0.2, 0) is 13.6 Å². The third kappa shape index (κ3) is 3.24. The topological polar surface area (TPSA) is 51.1 Å². The summed E-state index contributed by atoms with van der Waals surface area (Å²) in [6, 6.07) is 7.02. The van der Waals surface area contributed by atoms with Crippen LogP contribution in [0.3, 0.4) is 0 Å². The van der Waals surface area contributed by atoms with E-state index in [4.69, 9.17) is 11.6 Å². The molecule has 2 aromatic rings. The molecule has 0 bridgehead atoms. The predicted molar refractivity (Wildman–Crippen MR) is 74.3 cm³/mol. The second-order valence-corrected chi connectivity index (χ2v) is 4.71. The number of nitrogens with one attached hydrogen (secondary N) is 1. The van der Waals surface area contributed by atoms with E-state index >= 15 is 0 Å². The Hall–Kier alpha value is -2.14. The summed E-state index contributed by atoms with van der Waals surface area (Å²) in [5, 5.41) is 2.69. The molecule has 0 aliphatic heterocycles. The maximum atomic E-state index is 13.0. The normalized spacial score (nSPS) is 10.3. The van der Waals surface area contributed by atoms with Gasteiger partial charge in [0.1, 0.15) is 5.82 Å². The zero-order valence-corrected chi connectivity index (χ0v) is 11.4. The molecular weight excluding hydrogens is 283 g/mol. The van der Waals surface area contributed by atoms with Crippen molar-refractivity contribution in [2.45, 2.75) is 6.54 Å². The zero-order valence-electron chi connectivity index (χ0n) is 10.7. The first-order valence-corrected chi connectivity index (χ1v) is 6.24. The molecule has 6 heteroatoms. The van der Waals surface area contributed by atoms with Gasteiger partial charge < -0.3 is 9.88 Å². The molecule has 0 radical (unpaired) electrons. The van der Waals surface area contributed by atoms with Crippen LogP contribution in [0.15, 0.2) is 41.3 Å². The predicted octanol–water partition coefficient (Wildman–Crippen LogP) is 2.11. The van der Waals surface area contributed by atoms with Gasteiger partial charge in [0.25, 0.3) is 5.91 Å². The quantitative estimate of drug-likeness (QED) is 0.942. The molecular formula is C14H12ClFN2O2. The van der Waals surface area contributed by atoms with Crippen LogP contribution in [0.5, 0.6) is 0 Å². The van der Waals surface area contributed by atoms with Gasteiger partial charge in [-0.25, -0.2) is 4.39 Å². The largest absolute Gasteiger partial charge is 0.348 e. The number of carbonyl (C=O) groups excluding carboxylic acids is 1. The molecule has 0 fully saturated rings. The van der Waals surface area contributed by atoms with Gasteiger partial charge >= 0.3 is 0 Å². The highest BCUT2D eigenvalue weighted by atomic mass is 35.5. The van der Waals surface area contributed by atoms with Gasteiger partial charge in [0.05, 0.1) is 10.6 Å². The number of pyridine rings is 1. The van der Waals surface area contributed by atoms with Crippen molar-refractivity contribution in [1.29, 1.82) is 0 Å². The molecule has 4 nitrogen and oxygen atoms in total. The lowest BCUT2D eigenvalue weighted by Crippen LogP contribution is -2.25. The highest BCUT2D eigenvalue weighted by molar-refractivity contribution is 6.30. The lowest BCUT2D eigenvalue weighted by molar-refractivity contribution is 0.0950. The van der Waals surface area contributed by atoms with Gasteiger partial charge in [-0.1, -0.05) is 17.7 Å². The van der Waals surface area contributed by atoms with Crippen molar-refractivity contribution in [3.63, 3.8) is 0 Å². The number of hydrogen-bond acceptors (Lipinski definition) is 2. The molecule has 1 N–H and O–H groups in total. The molecule has 0 saturated carbocycles. The summed E-state index contributed by atoms with van der Waals surface area (Å²) in [5.74, 6) is -0.819. The highest BCUT2D eigenvalue weighted by Gasteiger charge is 2.07. The molecule has 20 heavy (non-hydrogen) atoms. The molecule has 1 amide bonds. The molecule has 0 aliphatic rings. The minimum absolute atomic E-state index is 0.0128. The number of aromatic nitrogens is 1. The van der Waals surface area contributed by atoms with Crippen LogP contribution in [0.2, 0.25) is 5.02 Å². The fourth-order valence-corrected chi connectivity index (χ4v) is 1.87. The minimum Gasteiger partial charge on any atom is -0.348 e. The smallest absolute Gasteiger partial charge is 0.253 e. The molecule has 0 aliphatic carbocycles. The van der Waals surface area contributed by atoms with E-state index < -0.39 is 5.82 Å². The average molecular weight is 295 g/mol. The molecule has 1 heterocycles. The SMILES string of the molecule is Cn1cc(C(=O)NCc2ccc(F)c(Cl)c2)ccc1=O. The van der Waals surface area contributed by atoms with E-state index in [9.17, 15) is 14.0 Å². The van der Waals surface area contributed by atoms with Gasteiger partial charge in [0, 0.05) is 25.9 Å². The van der Waals surface area contributed by atoms with Crippen molar-refractivity contribution < 1.29 is 9.18 Å². The monoisotopic (exact) mass is 294 g/mol. The summed E-state index contributed by atoms with van der Waals surface area (Å²) in [5.41, 5.74) is 0.877. The molecule has 1 aromatic heterocycles. The summed E-state index contributed by atoms with van der Waals surface area (Å²) in [4.78, 5) is 23.1. The molecule has 0 spiro atoms. The van der Waals surface area contributed by atoms with Crippen LogP contribution in [-0.4, -0.2) is 10.5 Å². The van der Waals surface area contributed by atoms with E-state index in [2.05, 4.69) is 5.32 Å². The van der Waals surface area contributed by atoms with Crippen molar-refractivity contribution in [2.75, 3.05) is 0 Å². The fraction of sp³-hybridized carbons (Fsp3) is 0.143. The maximum absolute atomic E-state index is 13.0. The summed E-state index contributed by atoms with van der Waals surface area (Å²) in [6.45, 7) is 0.224. The second-order valence-electron chi connectivity index (χ2n) is 4.30.